The monoisotopic (exact) mass is 317 g/mol. The van der Waals surface area contributed by atoms with E-state index in [0.717, 1.165) is 29.7 Å². The average Bonchev–Trinajstić information content (AvgIpc) is 2.84. The van der Waals surface area contributed by atoms with Gasteiger partial charge in [-0.2, -0.15) is 0 Å². The van der Waals surface area contributed by atoms with E-state index in [-0.39, 0.29) is 0 Å². The second kappa shape index (κ2) is 5.62. The molecule has 3 rings (SSSR count). The highest BCUT2D eigenvalue weighted by Gasteiger charge is 2.42. The Morgan fingerprint density at radius 1 is 1.14 bits per heavy atom. The van der Waals surface area contributed by atoms with Crippen molar-refractivity contribution in [2.24, 2.45) is 0 Å². The van der Waals surface area contributed by atoms with Gasteiger partial charge >= 0.3 is 0 Å². The zero-order chi connectivity index (χ0) is 15.8. The van der Waals surface area contributed by atoms with Crippen LogP contribution in [-0.4, -0.2) is 27.9 Å². The first-order chi connectivity index (χ1) is 10.4. The fourth-order valence-electron chi connectivity index (χ4n) is 2.75. The molecule has 4 nitrogen and oxygen atoms in total. The van der Waals surface area contributed by atoms with Crippen LogP contribution >= 0.6 is 0 Å². The second-order valence-electron chi connectivity index (χ2n) is 6.84. The molecule has 0 aliphatic carbocycles. The molecule has 2 aliphatic rings. The maximum absolute atomic E-state index is 6.22. The van der Waals surface area contributed by atoms with Crippen LogP contribution in [-0.2, 0) is 15.3 Å². The maximum Gasteiger partial charge on any atom is 0.198 e. The molecule has 2 aliphatic heterocycles. The van der Waals surface area contributed by atoms with E-state index in [1.807, 2.05) is 12.1 Å². The lowest BCUT2D eigenvalue weighted by Gasteiger charge is -2.27. The molecule has 1 aromatic carbocycles. The Kier molecular flexibility index (Phi) is 3.94. The summed E-state index contributed by atoms with van der Waals surface area (Å²) in [5, 5.41) is 0. The lowest BCUT2D eigenvalue weighted by Crippen LogP contribution is -2.26. The third-order valence-corrected chi connectivity index (χ3v) is 4.67. The summed E-state index contributed by atoms with van der Waals surface area (Å²) < 4.78 is 17.7. The molecule has 1 fully saturated rings. The minimum atomic E-state index is -1.45. The Morgan fingerprint density at radius 2 is 1.86 bits per heavy atom. The highest BCUT2D eigenvalue weighted by molar-refractivity contribution is 6.83. The molecule has 0 amide bonds. The van der Waals surface area contributed by atoms with Crippen molar-refractivity contribution >= 4 is 13.8 Å². The first-order valence-corrected chi connectivity index (χ1v) is 11.3. The molecule has 1 aromatic rings. The minimum absolute atomic E-state index is 0.608. The molecule has 0 bridgehead atoms. The predicted octanol–water partition coefficient (Wildman–Crippen LogP) is 2.87. The van der Waals surface area contributed by atoms with Gasteiger partial charge in [0.15, 0.2) is 5.79 Å². The highest BCUT2D eigenvalue weighted by Crippen LogP contribution is 2.44. The molecule has 5 heteroatoms. The van der Waals surface area contributed by atoms with Gasteiger partial charge in [0.05, 0.1) is 30.9 Å². The summed E-state index contributed by atoms with van der Waals surface area (Å²) in [5.41, 5.74) is 12.0. The summed E-state index contributed by atoms with van der Waals surface area (Å²) in [6.45, 7) is 8.52. The van der Waals surface area contributed by atoms with Crippen molar-refractivity contribution in [3.63, 3.8) is 0 Å². The number of ether oxygens (including phenoxy) is 3. The second-order valence-corrected chi connectivity index (χ2v) is 11.6. The van der Waals surface area contributed by atoms with E-state index >= 15 is 0 Å². The van der Waals surface area contributed by atoms with Crippen LogP contribution in [0.3, 0.4) is 0 Å². The van der Waals surface area contributed by atoms with Gasteiger partial charge in [0.1, 0.15) is 13.8 Å². The van der Waals surface area contributed by atoms with Crippen molar-refractivity contribution in [2.75, 3.05) is 25.6 Å². The van der Waals surface area contributed by atoms with Gasteiger partial charge in [-0.25, -0.2) is 0 Å². The van der Waals surface area contributed by atoms with E-state index in [1.54, 1.807) is 0 Å². The van der Waals surface area contributed by atoms with Gasteiger partial charge in [-0.15, -0.1) is 5.54 Å². The number of nitrogen functional groups attached to an aromatic ring is 1. The average molecular weight is 317 g/mol. The third-order valence-electron chi connectivity index (χ3n) is 3.80. The van der Waals surface area contributed by atoms with Crippen LogP contribution in [0.2, 0.25) is 19.6 Å². The fourth-order valence-corrected chi connectivity index (χ4v) is 3.26. The number of benzene rings is 1. The Bertz CT molecular complexity index is 634. The van der Waals surface area contributed by atoms with Crippen LogP contribution in [0.5, 0.6) is 5.75 Å². The Balaban J connectivity index is 2.05. The molecular weight excluding hydrogens is 294 g/mol. The van der Waals surface area contributed by atoms with Crippen molar-refractivity contribution in [1.29, 1.82) is 0 Å². The van der Waals surface area contributed by atoms with E-state index in [0.29, 0.717) is 25.5 Å². The molecule has 0 atom stereocenters. The molecule has 2 heterocycles. The molecular formula is C17H23NO3Si. The van der Waals surface area contributed by atoms with E-state index in [4.69, 9.17) is 19.9 Å². The van der Waals surface area contributed by atoms with Gasteiger partial charge in [-0.05, 0) is 18.6 Å². The first kappa shape index (κ1) is 15.4. The number of nitrogens with two attached hydrogens (primary N) is 1. The Labute approximate surface area is 132 Å². The van der Waals surface area contributed by atoms with Gasteiger partial charge in [0.25, 0.3) is 0 Å². The predicted molar refractivity (Wildman–Crippen MR) is 89.4 cm³/mol. The van der Waals surface area contributed by atoms with Gasteiger partial charge in [-0.1, -0.05) is 25.6 Å². The van der Waals surface area contributed by atoms with Crippen LogP contribution < -0.4 is 10.5 Å². The standard InChI is InChI=1S/C17H23NO3Si/c1-22(2,3)10-5-13-11-16-14(12-15(13)18)17(6-4-7-19-16)20-8-9-21-17/h11-12H,4,6-9,18H2,1-3H3. The van der Waals surface area contributed by atoms with Crippen molar-refractivity contribution in [2.45, 2.75) is 38.3 Å². The molecule has 0 saturated carbocycles. The van der Waals surface area contributed by atoms with Crippen molar-refractivity contribution in [1.82, 2.24) is 0 Å². The zero-order valence-electron chi connectivity index (χ0n) is 13.5. The topological polar surface area (TPSA) is 53.7 Å². The van der Waals surface area contributed by atoms with Gasteiger partial charge in [0, 0.05) is 12.1 Å². The molecule has 22 heavy (non-hydrogen) atoms. The summed E-state index contributed by atoms with van der Waals surface area (Å²) in [5.74, 6) is 3.32. The maximum atomic E-state index is 6.22. The minimum Gasteiger partial charge on any atom is -0.493 e. The first-order valence-electron chi connectivity index (χ1n) is 7.78. The summed E-state index contributed by atoms with van der Waals surface area (Å²) in [6, 6.07) is 3.86. The van der Waals surface area contributed by atoms with Gasteiger partial charge < -0.3 is 19.9 Å². The summed E-state index contributed by atoms with van der Waals surface area (Å²) in [7, 11) is -1.45. The number of anilines is 1. The quantitative estimate of drug-likeness (QED) is 0.454. The summed E-state index contributed by atoms with van der Waals surface area (Å²) >= 11 is 0. The number of hydrogen-bond donors (Lipinski definition) is 1. The largest absolute Gasteiger partial charge is 0.493 e. The SMILES string of the molecule is C[Si](C)(C)C#Cc1cc2c(cc1N)C1(CCCO2)OCCO1. The van der Waals surface area contributed by atoms with Crippen molar-refractivity contribution < 1.29 is 14.2 Å². The summed E-state index contributed by atoms with van der Waals surface area (Å²) in [4.78, 5) is 0. The third kappa shape index (κ3) is 3.00. The van der Waals surface area contributed by atoms with Crippen LogP contribution in [0.25, 0.3) is 0 Å². The number of hydrogen-bond acceptors (Lipinski definition) is 4. The zero-order valence-corrected chi connectivity index (χ0v) is 14.5. The highest BCUT2D eigenvalue weighted by atomic mass is 28.3. The molecule has 0 aromatic heterocycles. The van der Waals surface area contributed by atoms with E-state index < -0.39 is 13.9 Å². The van der Waals surface area contributed by atoms with Crippen molar-refractivity contribution in [3.05, 3.63) is 23.3 Å². The molecule has 2 N–H and O–H groups in total. The molecule has 1 spiro atoms. The Morgan fingerprint density at radius 3 is 2.55 bits per heavy atom. The lowest BCUT2D eigenvalue weighted by atomic mass is 9.98. The van der Waals surface area contributed by atoms with Crippen LogP contribution in [0.1, 0.15) is 24.0 Å². The van der Waals surface area contributed by atoms with Crippen molar-refractivity contribution in [3.8, 4) is 17.2 Å². The van der Waals surface area contributed by atoms with E-state index in [9.17, 15) is 0 Å². The Hall–Kier alpha value is -1.48. The van der Waals surface area contributed by atoms with Crippen LogP contribution in [0.4, 0.5) is 5.69 Å². The van der Waals surface area contributed by atoms with Gasteiger partial charge in [-0.3, -0.25) is 0 Å². The van der Waals surface area contributed by atoms with Crippen LogP contribution in [0.15, 0.2) is 12.1 Å². The van der Waals surface area contributed by atoms with Crippen LogP contribution in [0, 0.1) is 11.5 Å². The normalized spacial score (nSPS) is 19.8. The van der Waals surface area contributed by atoms with E-state index in [1.165, 1.54) is 0 Å². The lowest BCUT2D eigenvalue weighted by molar-refractivity contribution is -0.169. The smallest absolute Gasteiger partial charge is 0.198 e. The molecule has 118 valence electrons. The summed E-state index contributed by atoms with van der Waals surface area (Å²) in [6.07, 6.45) is 1.68. The fraction of sp³-hybridized carbons (Fsp3) is 0.529. The van der Waals surface area contributed by atoms with E-state index in [2.05, 4.69) is 31.1 Å². The molecule has 1 saturated heterocycles. The molecule has 0 unspecified atom stereocenters. The number of rotatable bonds is 0. The number of fused-ring (bicyclic) bond motifs is 2. The van der Waals surface area contributed by atoms with Gasteiger partial charge in [0.2, 0.25) is 0 Å². The molecule has 0 radical (unpaired) electrons.